The number of halogens is 3. The van der Waals surface area contributed by atoms with Gasteiger partial charge in [0, 0.05) is 32.7 Å². The van der Waals surface area contributed by atoms with Gasteiger partial charge in [-0.05, 0) is 12.8 Å². The van der Waals surface area contributed by atoms with Gasteiger partial charge in [0.2, 0.25) is 5.88 Å². The van der Waals surface area contributed by atoms with Crippen LogP contribution < -0.4 is 10.5 Å². The highest BCUT2D eigenvalue weighted by Crippen LogP contribution is 2.27. The molecule has 2 heterocycles. The average molecular weight is 306 g/mol. The first-order valence-corrected chi connectivity index (χ1v) is 6.87. The summed E-state index contributed by atoms with van der Waals surface area (Å²) in [7, 11) is 1.58. The zero-order valence-corrected chi connectivity index (χ0v) is 12.4. The van der Waals surface area contributed by atoms with E-state index >= 15 is 0 Å². The van der Waals surface area contributed by atoms with Gasteiger partial charge in [0.15, 0.2) is 6.61 Å². The minimum Gasteiger partial charge on any atom is -0.468 e. The van der Waals surface area contributed by atoms with Gasteiger partial charge >= 0.3 is 6.18 Å². The minimum absolute atomic E-state index is 0.0986. The van der Waals surface area contributed by atoms with E-state index in [9.17, 15) is 13.2 Å². The lowest BCUT2D eigenvalue weighted by atomic mass is 10.1. The molecule has 0 spiro atoms. The summed E-state index contributed by atoms with van der Waals surface area (Å²) in [6.45, 7) is 4.60. The van der Waals surface area contributed by atoms with Gasteiger partial charge in [0.05, 0.1) is 11.3 Å². The molecule has 1 aliphatic heterocycles. The molecule has 120 valence electrons. The highest BCUT2D eigenvalue weighted by atomic mass is 19.4. The second-order valence-corrected chi connectivity index (χ2v) is 5.73. The maximum absolute atomic E-state index is 12.3. The minimum atomic E-state index is -4.36. The fourth-order valence-corrected chi connectivity index (χ4v) is 2.64. The Morgan fingerprint density at radius 3 is 2.57 bits per heavy atom. The molecule has 0 saturated carbocycles. The van der Waals surface area contributed by atoms with Crippen LogP contribution in [0.3, 0.4) is 0 Å². The Hall–Kier alpha value is -1.28. The third-order valence-corrected chi connectivity index (χ3v) is 3.79. The smallest absolute Gasteiger partial charge is 0.422 e. The van der Waals surface area contributed by atoms with Gasteiger partial charge in [-0.25, -0.2) is 4.68 Å². The monoisotopic (exact) mass is 306 g/mol. The van der Waals surface area contributed by atoms with Crippen molar-refractivity contribution in [2.75, 3.05) is 19.7 Å². The molecular formula is C13H21F3N4O. The Bertz CT molecular complexity index is 490. The number of hydrogen-bond donors (Lipinski definition) is 1. The Kier molecular flexibility index (Phi) is 4.48. The Morgan fingerprint density at radius 1 is 1.38 bits per heavy atom. The Morgan fingerprint density at radius 2 is 2.05 bits per heavy atom. The number of hydrogen-bond acceptors (Lipinski definition) is 4. The third kappa shape index (κ3) is 3.88. The molecule has 1 saturated heterocycles. The second-order valence-electron chi connectivity index (χ2n) is 5.73. The molecule has 0 aliphatic carbocycles. The summed E-state index contributed by atoms with van der Waals surface area (Å²) < 4.78 is 43.3. The molecule has 1 aromatic heterocycles. The predicted molar refractivity (Wildman–Crippen MR) is 71.9 cm³/mol. The predicted octanol–water partition coefficient (Wildman–Crippen LogP) is 1.45. The van der Waals surface area contributed by atoms with Gasteiger partial charge in [-0.1, -0.05) is 6.92 Å². The number of likely N-dealkylation sites (tertiary alicyclic amines) is 1. The van der Waals surface area contributed by atoms with E-state index in [0.29, 0.717) is 23.7 Å². The normalized spacial score (nSPS) is 23.8. The van der Waals surface area contributed by atoms with Gasteiger partial charge < -0.3 is 10.5 Å². The fourth-order valence-electron chi connectivity index (χ4n) is 2.64. The van der Waals surface area contributed by atoms with Gasteiger partial charge in [-0.3, -0.25) is 4.90 Å². The molecule has 21 heavy (non-hydrogen) atoms. The van der Waals surface area contributed by atoms with Crippen molar-refractivity contribution < 1.29 is 17.9 Å². The van der Waals surface area contributed by atoms with E-state index in [4.69, 9.17) is 10.5 Å². The summed E-state index contributed by atoms with van der Waals surface area (Å²) >= 11 is 0. The van der Waals surface area contributed by atoms with Crippen LogP contribution >= 0.6 is 0 Å². The first kappa shape index (κ1) is 16.1. The molecule has 0 radical (unpaired) electrons. The second kappa shape index (κ2) is 5.84. The molecule has 0 aromatic carbocycles. The van der Waals surface area contributed by atoms with E-state index in [1.165, 1.54) is 4.68 Å². The van der Waals surface area contributed by atoms with Crippen LogP contribution in [0.25, 0.3) is 0 Å². The molecule has 0 amide bonds. The van der Waals surface area contributed by atoms with Crippen LogP contribution in [-0.2, 0) is 13.6 Å². The maximum atomic E-state index is 12.3. The van der Waals surface area contributed by atoms with Crippen molar-refractivity contribution in [3.05, 3.63) is 11.3 Å². The van der Waals surface area contributed by atoms with Gasteiger partial charge in [-0.2, -0.15) is 18.3 Å². The van der Waals surface area contributed by atoms with E-state index in [2.05, 4.69) is 16.9 Å². The molecule has 2 atom stereocenters. The van der Waals surface area contributed by atoms with E-state index in [1.807, 2.05) is 0 Å². The van der Waals surface area contributed by atoms with Crippen LogP contribution in [0.5, 0.6) is 5.88 Å². The molecule has 2 unspecified atom stereocenters. The summed E-state index contributed by atoms with van der Waals surface area (Å²) in [5.74, 6) is 0.555. The van der Waals surface area contributed by atoms with Crippen molar-refractivity contribution in [3.63, 3.8) is 0 Å². The van der Waals surface area contributed by atoms with Crippen LogP contribution in [0, 0.1) is 12.8 Å². The van der Waals surface area contributed by atoms with Gasteiger partial charge in [0.1, 0.15) is 0 Å². The summed E-state index contributed by atoms with van der Waals surface area (Å²) in [6.07, 6.45) is -4.36. The lowest BCUT2D eigenvalue weighted by Crippen LogP contribution is -2.28. The number of aromatic nitrogens is 2. The molecular weight excluding hydrogens is 285 g/mol. The van der Waals surface area contributed by atoms with Gasteiger partial charge in [-0.15, -0.1) is 0 Å². The molecule has 0 bridgehead atoms. The summed E-state index contributed by atoms with van der Waals surface area (Å²) in [5.41, 5.74) is 7.36. The van der Waals surface area contributed by atoms with Crippen molar-refractivity contribution in [2.45, 2.75) is 32.6 Å². The lowest BCUT2D eigenvalue weighted by Gasteiger charge is -2.17. The maximum Gasteiger partial charge on any atom is 0.422 e. The first-order valence-electron chi connectivity index (χ1n) is 6.87. The highest BCUT2D eigenvalue weighted by Gasteiger charge is 2.31. The number of alkyl halides is 3. The molecule has 1 fully saturated rings. The number of ether oxygens (including phenoxy) is 1. The van der Waals surface area contributed by atoms with Crippen molar-refractivity contribution in [2.24, 2.45) is 18.7 Å². The summed E-state index contributed by atoms with van der Waals surface area (Å²) in [6, 6.07) is 0.0986. The van der Waals surface area contributed by atoms with E-state index in [1.54, 1.807) is 14.0 Å². The van der Waals surface area contributed by atoms with Crippen molar-refractivity contribution in [1.29, 1.82) is 0 Å². The first-order chi connectivity index (χ1) is 9.67. The average Bonchev–Trinajstić information content (AvgIpc) is 2.78. The Labute approximate surface area is 121 Å². The quantitative estimate of drug-likeness (QED) is 0.915. The van der Waals surface area contributed by atoms with Crippen molar-refractivity contribution in [1.82, 2.24) is 14.7 Å². The summed E-state index contributed by atoms with van der Waals surface area (Å²) in [5, 5.41) is 4.16. The van der Waals surface area contributed by atoms with Crippen molar-refractivity contribution in [3.8, 4) is 5.88 Å². The highest BCUT2D eigenvalue weighted by molar-refractivity contribution is 5.31. The zero-order valence-electron chi connectivity index (χ0n) is 12.4. The molecule has 5 nitrogen and oxygen atoms in total. The number of aryl methyl sites for hydroxylation is 2. The molecule has 2 rings (SSSR count). The molecule has 8 heteroatoms. The fraction of sp³-hybridized carbons (Fsp3) is 0.769. The van der Waals surface area contributed by atoms with Crippen LogP contribution in [0.15, 0.2) is 0 Å². The van der Waals surface area contributed by atoms with Crippen LogP contribution in [0.4, 0.5) is 13.2 Å². The topological polar surface area (TPSA) is 56.3 Å². The SMILES string of the molecule is Cc1nn(C)c(OCC(F)(F)F)c1CN1CC(C)C(N)C1. The van der Waals surface area contributed by atoms with Crippen LogP contribution in [0.2, 0.25) is 0 Å². The summed E-state index contributed by atoms with van der Waals surface area (Å²) in [4.78, 5) is 2.12. The van der Waals surface area contributed by atoms with Crippen molar-refractivity contribution >= 4 is 0 Å². The largest absolute Gasteiger partial charge is 0.468 e. The van der Waals surface area contributed by atoms with E-state index in [-0.39, 0.29) is 11.9 Å². The third-order valence-electron chi connectivity index (χ3n) is 3.79. The Balaban J connectivity index is 2.11. The van der Waals surface area contributed by atoms with Gasteiger partial charge in [0.25, 0.3) is 0 Å². The number of rotatable bonds is 4. The van der Waals surface area contributed by atoms with E-state index < -0.39 is 12.8 Å². The molecule has 2 N–H and O–H groups in total. The zero-order chi connectivity index (χ0) is 15.8. The standard InChI is InChI=1S/C13H21F3N4O/c1-8-4-20(6-11(8)17)5-10-9(2)18-19(3)12(10)21-7-13(14,15)16/h8,11H,4-7,17H2,1-3H3. The molecule has 1 aliphatic rings. The number of nitrogens with two attached hydrogens (primary N) is 1. The molecule has 1 aromatic rings. The lowest BCUT2D eigenvalue weighted by molar-refractivity contribution is -0.154. The van der Waals surface area contributed by atoms with Crippen LogP contribution in [0.1, 0.15) is 18.2 Å². The van der Waals surface area contributed by atoms with E-state index in [0.717, 1.165) is 13.1 Å². The number of nitrogens with zero attached hydrogens (tertiary/aromatic N) is 3. The van der Waals surface area contributed by atoms with Crippen LogP contribution in [-0.4, -0.2) is 46.6 Å².